The van der Waals surface area contributed by atoms with Crippen LogP contribution in [0.25, 0.3) is 0 Å². The van der Waals surface area contributed by atoms with Crippen molar-refractivity contribution in [3.8, 4) is 0 Å². The smallest absolute Gasteiger partial charge is 0.315 e. The van der Waals surface area contributed by atoms with Crippen LogP contribution in [0.3, 0.4) is 0 Å². The van der Waals surface area contributed by atoms with Crippen molar-refractivity contribution in [1.29, 1.82) is 0 Å². The van der Waals surface area contributed by atoms with Crippen LogP contribution in [0.2, 0.25) is 0 Å². The van der Waals surface area contributed by atoms with Gasteiger partial charge in [0, 0.05) is 25.4 Å². The molecule has 0 rings (SSSR count). The second-order valence-corrected chi connectivity index (χ2v) is 3.80. The molecule has 0 saturated carbocycles. The van der Waals surface area contributed by atoms with Gasteiger partial charge in [0.05, 0.1) is 0 Å². The number of nitrogens with two attached hydrogens (primary N) is 1. The Hall–Kier alpha value is -1.79. The van der Waals surface area contributed by atoms with E-state index in [1.165, 1.54) is 0 Å². The highest BCUT2D eigenvalue weighted by molar-refractivity contribution is 5.77. The topological polar surface area (TPSA) is 122 Å². The standard InChI is InChI=1S/C10H19N3O4/c1-7(3-2-4-9(15)16)13-10(17)12-6-5-8(11)14/h7H,2-6H2,1H3,(H2,11,14)(H,15,16)(H2,12,13,17). The number of carbonyl (C=O) groups is 3. The summed E-state index contributed by atoms with van der Waals surface area (Å²) < 4.78 is 0. The Balaban J connectivity index is 3.58. The number of nitrogens with one attached hydrogen (secondary N) is 2. The molecular formula is C10H19N3O4. The van der Waals surface area contributed by atoms with E-state index in [4.69, 9.17) is 10.8 Å². The molecule has 0 aromatic rings. The summed E-state index contributed by atoms with van der Waals surface area (Å²) in [7, 11) is 0. The number of carboxylic acid groups (broad SMARTS) is 1. The lowest BCUT2D eigenvalue weighted by atomic mass is 10.1. The van der Waals surface area contributed by atoms with Gasteiger partial charge < -0.3 is 21.5 Å². The van der Waals surface area contributed by atoms with Crippen LogP contribution in [0, 0.1) is 0 Å². The number of primary amides is 1. The van der Waals surface area contributed by atoms with Crippen LogP contribution < -0.4 is 16.4 Å². The van der Waals surface area contributed by atoms with E-state index in [1.807, 2.05) is 0 Å². The summed E-state index contributed by atoms with van der Waals surface area (Å²) in [5, 5.41) is 13.5. The first-order valence-electron chi connectivity index (χ1n) is 5.46. The molecule has 98 valence electrons. The van der Waals surface area contributed by atoms with E-state index >= 15 is 0 Å². The Morgan fingerprint density at radius 2 is 1.94 bits per heavy atom. The molecule has 0 aromatic carbocycles. The van der Waals surface area contributed by atoms with Crippen LogP contribution in [-0.4, -0.2) is 35.6 Å². The molecule has 7 nitrogen and oxygen atoms in total. The van der Waals surface area contributed by atoms with Gasteiger partial charge in [-0.1, -0.05) is 0 Å². The van der Waals surface area contributed by atoms with E-state index in [0.29, 0.717) is 12.8 Å². The third-order valence-corrected chi connectivity index (χ3v) is 2.06. The number of carboxylic acids is 1. The van der Waals surface area contributed by atoms with Crippen LogP contribution in [0.1, 0.15) is 32.6 Å². The van der Waals surface area contributed by atoms with E-state index in [9.17, 15) is 14.4 Å². The largest absolute Gasteiger partial charge is 0.481 e. The quantitative estimate of drug-likeness (QED) is 0.473. The molecule has 0 spiro atoms. The maximum Gasteiger partial charge on any atom is 0.315 e. The fourth-order valence-corrected chi connectivity index (χ4v) is 1.21. The van der Waals surface area contributed by atoms with Gasteiger partial charge in [0.15, 0.2) is 0 Å². The van der Waals surface area contributed by atoms with E-state index in [1.54, 1.807) is 6.92 Å². The lowest BCUT2D eigenvalue weighted by Gasteiger charge is -2.13. The Bertz CT molecular complexity index is 281. The van der Waals surface area contributed by atoms with Crippen LogP contribution in [0.4, 0.5) is 4.79 Å². The van der Waals surface area contributed by atoms with Crippen molar-refractivity contribution in [2.24, 2.45) is 5.73 Å². The summed E-state index contributed by atoms with van der Waals surface area (Å²) in [5.41, 5.74) is 4.91. The van der Waals surface area contributed by atoms with Gasteiger partial charge in [-0.25, -0.2) is 4.79 Å². The maximum atomic E-state index is 11.2. The summed E-state index contributed by atoms with van der Waals surface area (Å²) in [4.78, 5) is 31.9. The van der Waals surface area contributed by atoms with Crippen molar-refractivity contribution in [3.05, 3.63) is 0 Å². The Labute approximate surface area is 99.7 Å². The number of rotatable bonds is 8. The molecule has 5 N–H and O–H groups in total. The summed E-state index contributed by atoms with van der Waals surface area (Å²) in [6, 6.07) is -0.489. The molecule has 1 atom stereocenters. The monoisotopic (exact) mass is 245 g/mol. The van der Waals surface area contributed by atoms with Crippen molar-refractivity contribution in [2.75, 3.05) is 6.54 Å². The summed E-state index contributed by atoms with van der Waals surface area (Å²) in [6.45, 7) is 1.98. The average molecular weight is 245 g/mol. The second-order valence-electron chi connectivity index (χ2n) is 3.80. The summed E-state index contributed by atoms with van der Waals surface area (Å²) in [6.07, 6.45) is 1.30. The molecule has 0 saturated heterocycles. The minimum atomic E-state index is -0.844. The first-order chi connectivity index (χ1) is 7.91. The van der Waals surface area contributed by atoms with Crippen LogP contribution in [0.5, 0.6) is 0 Å². The highest BCUT2D eigenvalue weighted by atomic mass is 16.4. The van der Waals surface area contributed by atoms with Gasteiger partial charge in [0.2, 0.25) is 5.91 Å². The molecule has 3 amide bonds. The van der Waals surface area contributed by atoms with Crippen molar-refractivity contribution < 1.29 is 19.5 Å². The average Bonchev–Trinajstić information content (AvgIpc) is 2.15. The number of hydrogen-bond acceptors (Lipinski definition) is 3. The molecule has 0 heterocycles. The Morgan fingerprint density at radius 3 is 2.47 bits per heavy atom. The lowest BCUT2D eigenvalue weighted by Crippen LogP contribution is -2.41. The number of hydrogen-bond donors (Lipinski definition) is 4. The number of aliphatic carboxylic acids is 1. The molecule has 1 unspecified atom stereocenters. The number of amides is 3. The molecule has 0 fully saturated rings. The lowest BCUT2D eigenvalue weighted by molar-refractivity contribution is -0.137. The SMILES string of the molecule is CC(CCCC(=O)O)NC(=O)NCCC(N)=O. The van der Waals surface area contributed by atoms with E-state index < -0.39 is 11.9 Å². The first kappa shape index (κ1) is 15.2. The third-order valence-electron chi connectivity index (χ3n) is 2.06. The zero-order valence-electron chi connectivity index (χ0n) is 9.86. The Morgan fingerprint density at radius 1 is 1.29 bits per heavy atom. The predicted octanol–water partition coefficient (Wildman–Crippen LogP) is -0.196. The number of urea groups is 1. The Kier molecular flexibility index (Phi) is 7.49. The molecule has 0 aromatic heterocycles. The van der Waals surface area contributed by atoms with Crippen LogP contribution >= 0.6 is 0 Å². The minimum Gasteiger partial charge on any atom is -0.481 e. The normalized spacial score (nSPS) is 11.6. The van der Waals surface area contributed by atoms with Gasteiger partial charge in [-0.15, -0.1) is 0 Å². The van der Waals surface area contributed by atoms with Gasteiger partial charge >= 0.3 is 12.0 Å². The van der Waals surface area contributed by atoms with Crippen molar-refractivity contribution in [2.45, 2.75) is 38.6 Å². The van der Waals surface area contributed by atoms with Crippen LogP contribution in [-0.2, 0) is 9.59 Å². The molecule has 0 aliphatic heterocycles. The van der Waals surface area contributed by atoms with Gasteiger partial charge in [-0.05, 0) is 19.8 Å². The molecule has 0 aliphatic rings. The fraction of sp³-hybridized carbons (Fsp3) is 0.700. The van der Waals surface area contributed by atoms with Crippen molar-refractivity contribution in [3.63, 3.8) is 0 Å². The highest BCUT2D eigenvalue weighted by Crippen LogP contribution is 2.00. The molecule has 0 radical (unpaired) electrons. The fourth-order valence-electron chi connectivity index (χ4n) is 1.21. The zero-order valence-corrected chi connectivity index (χ0v) is 9.86. The van der Waals surface area contributed by atoms with Gasteiger partial charge in [0.25, 0.3) is 0 Å². The molecule has 0 aliphatic carbocycles. The van der Waals surface area contributed by atoms with Gasteiger partial charge in [-0.2, -0.15) is 0 Å². The van der Waals surface area contributed by atoms with Gasteiger partial charge in [0.1, 0.15) is 0 Å². The van der Waals surface area contributed by atoms with E-state index in [0.717, 1.165) is 0 Å². The van der Waals surface area contributed by atoms with Crippen molar-refractivity contribution in [1.82, 2.24) is 10.6 Å². The molecular weight excluding hydrogens is 226 g/mol. The van der Waals surface area contributed by atoms with Crippen molar-refractivity contribution >= 4 is 17.9 Å². The highest BCUT2D eigenvalue weighted by Gasteiger charge is 2.07. The molecule has 7 heteroatoms. The molecule has 17 heavy (non-hydrogen) atoms. The molecule has 0 bridgehead atoms. The van der Waals surface area contributed by atoms with E-state index in [2.05, 4.69) is 10.6 Å². The van der Waals surface area contributed by atoms with Crippen LogP contribution in [0.15, 0.2) is 0 Å². The minimum absolute atomic E-state index is 0.0926. The zero-order chi connectivity index (χ0) is 13.3. The number of carbonyl (C=O) groups excluding carboxylic acids is 2. The third kappa shape index (κ3) is 10.5. The maximum absolute atomic E-state index is 11.2. The van der Waals surface area contributed by atoms with E-state index in [-0.39, 0.29) is 31.5 Å². The first-order valence-corrected chi connectivity index (χ1v) is 5.46. The second kappa shape index (κ2) is 8.37. The summed E-state index contributed by atoms with van der Waals surface area (Å²) >= 11 is 0. The van der Waals surface area contributed by atoms with Gasteiger partial charge in [-0.3, -0.25) is 9.59 Å². The predicted molar refractivity (Wildman–Crippen MR) is 61.3 cm³/mol. The summed E-state index contributed by atoms with van der Waals surface area (Å²) in [5.74, 6) is -1.32.